The fourth-order valence-electron chi connectivity index (χ4n) is 2.61. The number of halogens is 2. The maximum Gasteiger partial charge on any atom is 0.223 e. The summed E-state index contributed by atoms with van der Waals surface area (Å²) in [5.74, 6) is -0.0333. The summed E-state index contributed by atoms with van der Waals surface area (Å²) in [6.07, 6.45) is 2.25. The van der Waals surface area contributed by atoms with E-state index in [-0.39, 0.29) is 24.1 Å². The molecule has 1 aromatic rings. The average Bonchev–Trinajstić information content (AvgIpc) is 2.55. The van der Waals surface area contributed by atoms with Gasteiger partial charge >= 0.3 is 0 Å². The van der Waals surface area contributed by atoms with Gasteiger partial charge in [-0.05, 0) is 6.07 Å². The molecule has 0 bridgehead atoms. The molecule has 0 spiro atoms. The average molecular weight is 342 g/mol. The highest BCUT2D eigenvalue weighted by molar-refractivity contribution is 5.85. The minimum atomic E-state index is -0.204. The highest BCUT2D eigenvalue weighted by atomic mass is 35.5. The molecule has 1 aromatic carbocycles. The zero-order chi connectivity index (χ0) is 15.8. The van der Waals surface area contributed by atoms with Crippen molar-refractivity contribution in [3.05, 3.63) is 48.3 Å². The van der Waals surface area contributed by atoms with E-state index in [1.807, 2.05) is 15.9 Å². The Morgan fingerprint density at radius 3 is 2.70 bits per heavy atom. The predicted octanol–water partition coefficient (Wildman–Crippen LogP) is 2.06. The van der Waals surface area contributed by atoms with Crippen LogP contribution in [-0.4, -0.2) is 55.0 Å². The number of hydrogen-bond acceptors (Lipinski definition) is 3. The van der Waals surface area contributed by atoms with Crippen molar-refractivity contribution in [3.8, 4) is 0 Å². The number of benzene rings is 1. The second kappa shape index (κ2) is 10.4. The van der Waals surface area contributed by atoms with E-state index in [0.717, 1.165) is 26.2 Å². The molecule has 0 aromatic heterocycles. The second-order valence-electron chi connectivity index (χ2n) is 5.50. The van der Waals surface area contributed by atoms with Crippen LogP contribution in [0.2, 0.25) is 0 Å². The Morgan fingerprint density at radius 1 is 1.35 bits per heavy atom. The number of rotatable bonds is 7. The van der Waals surface area contributed by atoms with Crippen LogP contribution >= 0.6 is 12.4 Å². The lowest BCUT2D eigenvalue weighted by molar-refractivity contribution is -0.132. The van der Waals surface area contributed by atoms with Crippen molar-refractivity contribution in [2.24, 2.45) is 0 Å². The molecule has 1 saturated heterocycles. The van der Waals surface area contributed by atoms with Gasteiger partial charge in [-0.2, -0.15) is 0 Å². The predicted molar refractivity (Wildman–Crippen MR) is 93.2 cm³/mol. The minimum absolute atomic E-state index is 0. The standard InChI is InChI=1S/C17H24FN3O.ClH/c1-2-10-20(14-15-5-3-4-6-16(15)18)11-7-17(22)21-12-8-19-9-13-21;/h2-6,19H,1,7-14H2;1H. The minimum Gasteiger partial charge on any atom is -0.340 e. The molecule has 1 heterocycles. The summed E-state index contributed by atoms with van der Waals surface area (Å²) in [6.45, 7) is 8.75. The normalized spacial score (nSPS) is 14.4. The fourth-order valence-corrected chi connectivity index (χ4v) is 2.61. The third-order valence-corrected chi connectivity index (χ3v) is 3.85. The number of carbonyl (C=O) groups excluding carboxylic acids is 1. The summed E-state index contributed by atoms with van der Waals surface area (Å²) in [4.78, 5) is 16.1. The van der Waals surface area contributed by atoms with Gasteiger partial charge < -0.3 is 10.2 Å². The smallest absolute Gasteiger partial charge is 0.223 e. The van der Waals surface area contributed by atoms with Crippen molar-refractivity contribution in [2.75, 3.05) is 39.3 Å². The van der Waals surface area contributed by atoms with Crippen molar-refractivity contribution in [1.29, 1.82) is 0 Å². The van der Waals surface area contributed by atoms with E-state index in [1.165, 1.54) is 6.07 Å². The summed E-state index contributed by atoms with van der Waals surface area (Å²) < 4.78 is 13.7. The molecular formula is C17H25ClFN3O. The summed E-state index contributed by atoms with van der Waals surface area (Å²) >= 11 is 0. The largest absolute Gasteiger partial charge is 0.340 e. The van der Waals surface area contributed by atoms with Crippen LogP contribution < -0.4 is 5.32 Å². The van der Waals surface area contributed by atoms with Gasteiger partial charge in [0.25, 0.3) is 0 Å². The number of carbonyl (C=O) groups is 1. The monoisotopic (exact) mass is 341 g/mol. The molecule has 128 valence electrons. The van der Waals surface area contributed by atoms with Gasteiger partial charge in [0.15, 0.2) is 0 Å². The lowest BCUT2D eigenvalue weighted by atomic mass is 10.2. The number of piperazine rings is 1. The molecule has 4 nitrogen and oxygen atoms in total. The van der Waals surface area contributed by atoms with Gasteiger partial charge in [-0.15, -0.1) is 19.0 Å². The molecule has 1 aliphatic rings. The second-order valence-corrected chi connectivity index (χ2v) is 5.50. The molecule has 6 heteroatoms. The van der Waals surface area contributed by atoms with E-state index in [1.54, 1.807) is 18.2 Å². The molecule has 1 N–H and O–H groups in total. The first-order chi connectivity index (χ1) is 10.7. The molecule has 0 atom stereocenters. The van der Waals surface area contributed by atoms with Gasteiger partial charge in [-0.3, -0.25) is 9.69 Å². The number of amides is 1. The molecule has 0 unspecified atom stereocenters. The first-order valence-electron chi connectivity index (χ1n) is 7.76. The molecule has 0 saturated carbocycles. The van der Waals surface area contributed by atoms with Crippen LogP contribution in [0.3, 0.4) is 0 Å². The van der Waals surface area contributed by atoms with E-state index in [9.17, 15) is 9.18 Å². The first-order valence-corrected chi connectivity index (χ1v) is 7.76. The van der Waals surface area contributed by atoms with Crippen molar-refractivity contribution >= 4 is 18.3 Å². The Balaban J connectivity index is 0.00000264. The van der Waals surface area contributed by atoms with E-state index >= 15 is 0 Å². The lowest BCUT2D eigenvalue weighted by Crippen LogP contribution is -2.47. The lowest BCUT2D eigenvalue weighted by Gasteiger charge is -2.28. The van der Waals surface area contributed by atoms with Gasteiger partial charge in [0, 0.05) is 57.8 Å². The van der Waals surface area contributed by atoms with E-state index in [0.29, 0.717) is 31.6 Å². The Hall–Kier alpha value is -1.43. The van der Waals surface area contributed by atoms with Gasteiger partial charge in [0.1, 0.15) is 5.82 Å². The van der Waals surface area contributed by atoms with Crippen LogP contribution in [0.25, 0.3) is 0 Å². The van der Waals surface area contributed by atoms with Crippen LogP contribution in [-0.2, 0) is 11.3 Å². The summed E-state index contributed by atoms with van der Waals surface area (Å²) in [7, 11) is 0. The Morgan fingerprint density at radius 2 is 2.04 bits per heavy atom. The molecule has 2 rings (SSSR count). The fraction of sp³-hybridized carbons (Fsp3) is 0.471. The highest BCUT2D eigenvalue weighted by Crippen LogP contribution is 2.10. The molecule has 23 heavy (non-hydrogen) atoms. The summed E-state index contributed by atoms with van der Waals surface area (Å²) in [5, 5.41) is 3.23. The van der Waals surface area contributed by atoms with E-state index < -0.39 is 0 Å². The quantitative estimate of drug-likeness (QED) is 0.771. The van der Waals surface area contributed by atoms with Gasteiger partial charge in [-0.1, -0.05) is 24.3 Å². The van der Waals surface area contributed by atoms with Crippen LogP contribution in [0.1, 0.15) is 12.0 Å². The molecule has 1 fully saturated rings. The van der Waals surface area contributed by atoms with E-state index in [2.05, 4.69) is 11.9 Å². The van der Waals surface area contributed by atoms with Crippen molar-refractivity contribution < 1.29 is 9.18 Å². The van der Waals surface area contributed by atoms with Crippen molar-refractivity contribution in [2.45, 2.75) is 13.0 Å². The highest BCUT2D eigenvalue weighted by Gasteiger charge is 2.17. The SMILES string of the molecule is C=CCN(CCC(=O)N1CCNCC1)Cc1ccccc1F.Cl. The van der Waals surface area contributed by atoms with Gasteiger partial charge in [0.05, 0.1) is 0 Å². The molecule has 0 aliphatic carbocycles. The molecule has 1 amide bonds. The van der Waals surface area contributed by atoms with E-state index in [4.69, 9.17) is 0 Å². The van der Waals surface area contributed by atoms with Crippen LogP contribution in [0.5, 0.6) is 0 Å². The maximum atomic E-state index is 13.7. The Bertz CT molecular complexity index is 506. The first kappa shape index (κ1) is 19.6. The zero-order valence-electron chi connectivity index (χ0n) is 13.3. The van der Waals surface area contributed by atoms with Crippen LogP contribution in [0, 0.1) is 5.82 Å². The Kier molecular flexibility index (Phi) is 8.84. The Labute approximate surface area is 143 Å². The molecular weight excluding hydrogens is 317 g/mol. The molecule has 0 radical (unpaired) electrons. The third kappa shape index (κ3) is 6.29. The maximum absolute atomic E-state index is 13.7. The zero-order valence-corrected chi connectivity index (χ0v) is 14.2. The van der Waals surface area contributed by atoms with Gasteiger partial charge in [-0.25, -0.2) is 4.39 Å². The van der Waals surface area contributed by atoms with Gasteiger partial charge in [0.2, 0.25) is 5.91 Å². The number of nitrogens with one attached hydrogen (secondary N) is 1. The topological polar surface area (TPSA) is 35.6 Å². The van der Waals surface area contributed by atoms with Crippen LogP contribution in [0.15, 0.2) is 36.9 Å². The number of hydrogen-bond donors (Lipinski definition) is 1. The summed E-state index contributed by atoms with van der Waals surface area (Å²) in [5.41, 5.74) is 0.652. The third-order valence-electron chi connectivity index (χ3n) is 3.85. The summed E-state index contributed by atoms with van der Waals surface area (Å²) in [6, 6.07) is 6.76. The van der Waals surface area contributed by atoms with Crippen LogP contribution in [0.4, 0.5) is 4.39 Å². The molecule has 1 aliphatic heterocycles. The van der Waals surface area contributed by atoms with Crippen molar-refractivity contribution in [3.63, 3.8) is 0 Å². The van der Waals surface area contributed by atoms with Crippen molar-refractivity contribution in [1.82, 2.24) is 15.1 Å². The number of nitrogens with zero attached hydrogens (tertiary/aromatic N) is 2.